The van der Waals surface area contributed by atoms with Crippen molar-refractivity contribution in [1.29, 1.82) is 0 Å². The molecular formula is C10H9NO3. The number of nitrogens with zero attached hydrogens (tertiary/aromatic N) is 1. The molecule has 0 heterocycles. The van der Waals surface area contributed by atoms with Crippen LogP contribution in [-0.4, -0.2) is 20.2 Å². The maximum absolute atomic E-state index is 11.3. The molecule has 0 spiro atoms. The third kappa shape index (κ3) is 1.67. The Hall–Kier alpha value is -2.02. The summed E-state index contributed by atoms with van der Waals surface area (Å²) in [4.78, 5) is 14.5. The topological polar surface area (TPSA) is 39.9 Å². The summed E-state index contributed by atoms with van der Waals surface area (Å²) in [5.41, 5.74) is 0.568. The molecule has 72 valence electrons. The van der Waals surface area contributed by atoms with Crippen LogP contribution in [0.15, 0.2) is 18.2 Å². The van der Waals surface area contributed by atoms with E-state index in [0.29, 0.717) is 5.69 Å². The summed E-state index contributed by atoms with van der Waals surface area (Å²) in [6.45, 7) is 6.88. The molecule has 4 nitrogen and oxygen atoms in total. The second kappa shape index (κ2) is 4.28. The van der Waals surface area contributed by atoms with Gasteiger partial charge in [0.2, 0.25) is 5.69 Å². The van der Waals surface area contributed by atoms with E-state index in [2.05, 4.69) is 9.58 Å². The molecule has 1 aromatic carbocycles. The number of esters is 1. The molecule has 4 heteroatoms. The second-order valence-electron chi connectivity index (χ2n) is 2.46. The number of hydrogen-bond acceptors (Lipinski definition) is 3. The largest absolute Gasteiger partial charge is 0.507 e. The lowest BCUT2D eigenvalue weighted by Crippen LogP contribution is -2.03. The molecule has 0 amide bonds. The summed E-state index contributed by atoms with van der Waals surface area (Å²) < 4.78 is 9.53. The standard InChI is InChI=1S/C10H9NO3/c1-11-8-6-4-5-7(9(8)13-2)10(12)14-3/h4-6H,2-3H3. The molecule has 1 aromatic rings. The first-order valence-electron chi connectivity index (χ1n) is 3.87. The summed E-state index contributed by atoms with van der Waals surface area (Å²) in [6, 6.07) is 4.75. The molecule has 0 aliphatic carbocycles. The maximum atomic E-state index is 11.3. The van der Waals surface area contributed by atoms with Crippen LogP contribution in [-0.2, 0) is 4.74 Å². The van der Waals surface area contributed by atoms with E-state index in [4.69, 9.17) is 11.3 Å². The quantitative estimate of drug-likeness (QED) is 0.530. The first-order valence-corrected chi connectivity index (χ1v) is 3.87. The molecule has 0 aliphatic heterocycles. The van der Waals surface area contributed by atoms with Gasteiger partial charge in [0.25, 0.3) is 0 Å². The van der Waals surface area contributed by atoms with Gasteiger partial charge in [-0.25, -0.2) is 9.64 Å². The highest BCUT2D eigenvalue weighted by Gasteiger charge is 2.15. The summed E-state index contributed by atoms with van der Waals surface area (Å²) in [5.74, 6) is -0.248. The van der Waals surface area contributed by atoms with Crippen LogP contribution in [0.5, 0.6) is 5.75 Å². The monoisotopic (exact) mass is 191 g/mol. The Labute approximate surface area is 81.9 Å². The molecule has 0 aliphatic rings. The van der Waals surface area contributed by atoms with Crippen molar-refractivity contribution in [2.24, 2.45) is 0 Å². The highest BCUT2D eigenvalue weighted by molar-refractivity contribution is 5.94. The number of para-hydroxylation sites is 1. The second-order valence-corrected chi connectivity index (χ2v) is 2.46. The van der Waals surface area contributed by atoms with Crippen LogP contribution in [0.4, 0.5) is 5.69 Å². The van der Waals surface area contributed by atoms with Gasteiger partial charge in [0.05, 0.1) is 26.4 Å². The minimum atomic E-state index is -0.507. The molecule has 1 rings (SSSR count). The zero-order chi connectivity index (χ0) is 10.6. The van der Waals surface area contributed by atoms with E-state index in [1.165, 1.54) is 14.2 Å². The van der Waals surface area contributed by atoms with Crippen molar-refractivity contribution < 1.29 is 14.3 Å². The van der Waals surface area contributed by atoms with Crippen LogP contribution < -0.4 is 4.74 Å². The van der Waals surface area contributed by atoms with Crippen LogP contribution >= 0.6 is 0 Å². The Kier molecular flexibility index (Phi) is 3.08. The van der Waals surface area contributed by atoms with Crippen molar-refractivity contribution in [3.63, 3.8) is 0 Å². The SMILES string of the molecule is [C-]#[N+]c1cccc(C(=O)OC)c1OC. The molecule has 0 N–H and O–H groups in total. The highest BCUT2D eigenvalue weighted by atomic mass is 16.5. The van der Waals surface area contributed by atoms with Gasteiger partial charge in [-0.15, -0.1) is 0 Å². The average molecular weight is 191 g/mol. The average Bonchev–Trinajstić information content (AvgIpc) is 2.26. The molecular weight excluding hydrogens is 182 g/mol. The van der Waals surface area contributed by atoms with Crippen molar-refractivity contribution in [1.82, 2.24) is 0 Å². The van der Waals surface area contributed by atoms with Gasteiger partial charge >= 0.3 is 5.97 Å². The van der Waals surface area contributed by atoms with E-state index in [-0.39, 0.29) is 11.3 Å². The lowest BCUT2D eigenvalue weighted by molar-refractivity contribution is 0.0597. The molecule has 0 aromatic heterocycles. The van der Waals surface area contributed by atoms with E-state index in [0.717, 1.165) is 0 Å². The van der Waals surface area contributed by atoms with Gasteiger partial charge in [0.1, 0.15) is 5.75 Å². The maximum Gasteiger partial charge on any atom is 0.340 e. The Morgan fingerprint density at radius 3 is 2.64 bits per heavy atom. The number of rotatable bonds is 2. The summed E-state index contributed by atoms with van der Waals surface area (Å²) in [6.07, 6.45) is 0. The molecule has 0 saturated carbocycles. The zero-order valence-corrected chi connectivity index (χ0v) is 7.90. The van der Waals surface area contributed by atoms with E-state index in [1.54, 1.807) is 18.2 Å². The van der Waals surface area contributed by atoms with Crippen molar-refractivity contribution in [3.8, 4) is 5.75 Å². The van der Waals surface area contributed by atoms with Crippen molar-refractivity contribution in [3.05, 3.63) is 35.2 Å². The summed E-state index contributed by atoms with van der Waals surface area (Å²) >= 11 is 0. The number of ether oxygens (including phenoxy) is 2. The van der Waals surface area contributed by atoms with Crippen molar-refractivity contribution >= 4 is 11.7 Å². The van der Waals surface area contributed by atoms with E-state index >= 15 is 0 Å². The Bertz CT molecular complexity index is 393. The van der Waals surface area contributed by atoms with E-state index < -0.39 is 5.97 Å². The van der Waals surface area contributed by atoms with Gasteiger partial charge in [0.15, 0.2) is 0 Å². The molecule has 0 radical (unpaired) electrons. The normalized spacial score (nSPS) is 8.93. The fraction of sp³-hybridized carbons (Fsp3) is 0.200. The molecule has 0 unspecified atom stereocenters. The third-order valence-corrected chi connectivity index (χ3v) is 1.72. The van der Waals surface area contributed by atoms with E-state index in [9.17, 15) is 4.79 Å². The first kappa shape index (κ1) is 10.1. The minimum Gasteiger partial charge on any atom is -0.507 e. The van der Waals surface area contributed by atoms with Gasteiger partial charge in [-0.05, 0) is 6.07 Å². The number of carbonyl (C=O) groups excluding carboxylic acids is 1. The third-order valence-electron chi connectivity index (χ3n) is 1.72. The number of carbonyl (C=O) groups is 1. The Morgan fingerprint density at radius 1 is 1.43 bits per heavy atom. The zero-order valence-electron chi connectivity index (χ0n) is 7.90. The predicted octanol–water partition coefficient (Wildman–Crippen LogP) is 2.03. The van der Waals surface area contributed by atoms with Crippen molar-refractivity contribution in [2.75, 3.05) is 14.2 Å². The van der Waals surface area contributed by atoms with Crippen LogP contribution in [0, 0.1) is 6.57 Å². The smallest absolute Gasteiger partial charge is 0.340 e. The molecule has 0 atom stereocenters. The molecule has 14 heavy (non-hydrogen) atoms. The lowest BCUT2D eigenvalue weighted by atomic mass is 10.2. The van der Waals surface area contributed by atoms with Crippen LogP contribution in [0.1, 0.15) is 10.4 Å². The number of hydrogen-bond donors (Lipinski definition) is 0. The number of benzene rings is 1. The van der Waals surface area contributed by atoms with Gasteiger partial charge < -0.3 is 9.47 Å². The molecule has 0 saturated heterocycles. The Morgan fingerprint density at radius 2 is 2.14 bits per heavy atom. The van der Waals surface area contributed by atoms with Crippen LogP contribution in [0.2, 0.25) is 0 Å². The lowest BCUT2D eigenvalue weighted by Gasteiger charge is -2.07. The van der Waals surface area contributed by atoms with Gasteiger partial charge in [-0.1, -0.05) is 12.1 Å². The Balaban J connectivity index is 3.31. The van der Waals surface area contributed by atoms with E-state index in [1.807, 2.05) is 0 Å². The fourth-order valence-corrected chi connectivity index (χ4v) is 1.10. The van der Waals surface area contributed by atoms with Gasteiger partial charge in [-0.3, -0.25) is 0 Å². The van der Waals surface area contributed by atoms with Crippen LogP contribution in [0.25, 0.3) is 4.85 Å². The molecule has 0 bridgehead atoms. The fourth-order valence-electron chi connectivity index (χ4n) is 1.10. The van der Waals surface area contributed by atoms with Gasteiger partial charge in [-0.2, -0.15) is 0 Å². The van der Waals surface area contributed by atoms with Crippen LogP contribution in [0.3, 0.4) is 0 Å². The highest BCUT2D eigenvalue weighted by Crippen LogP contribution is 2.31. The number of methoxy groups -OCH3 is 2. The van der Waals surface area contributed by atoms with Gasteiger partial charge in [0, 0.05) is 0 Å². The summed E-state index contributed by atoms with van der Waals surface area (Å²) in [5, 5.41) is 0. The predicted molar refractivity (Wildman–Crippen MR) is 50.6 cm³/mol. The minimum absolute atomic E-state index is 0.259. The molecule has 0 fully saturated rings. The summed E-state index contributed by atoms with van der Waals surface area (Å²) in [7, 11) is 2.70. The first-order chi connectivity index (χ1) is 6.74. The van der Waals surface area contributed by atoms with Crippen molar-refractivity contribution in [2.45, 2.75) is 0 Å².